The molecule has 0 amide bonds. The Morgan fingerprint density at radius 1 is 1.09 bits per heavy atom. The van der Waals surface area contributed by atoms with Crippen molar-refractivity contribution in [1.29, 1.82) is 0 Å². The Hall–Kier alpha value is -2.54. The van der Waals surface area contributed by atoms with Crippen molar-refractivity contribution in [3.8, 4) is 17.2 Å². The van der Waals surface area contributed by atoms with Crippen LogP contribution in [-0.4, -0.2) is 36.2 Å². The van der Waals surface area contributed by atoms with Crippen molar-refractivity contribution >= 4 is 27.7 Å². The van der Waals surface area contributed by atoms with Gasteiger partial charge in [0.05, 0.1) is 23.6 Å². The highest BCUT2D eigenvalue weighted by atomic mass is 79.9. The maximum atomic E-state index is 11.8. The third-order valence-electron chi connectivity index (χ3n) is 5.86. The summed E-state index contributed by atoms with van der Waals surface area (Å²) in [5.74, 6) is 0.947. The monoisotopic (exact) mass is 518 g/mol. The van der Waals surface area contributed by atoms with Crippen LogP contribution >= 0.6 is 15.9 Å². The second-order valence-electron chi connectivity index (χ2n) is 8.41. The molecule has 1 aliphatic carbocycles. The summed E-state index contributed by atoms with van der Waals surface area (Å²) in [5, 5.41) is 10.6. The molecule has 2 aromatic rings. The van der Waals surface area contributed by atoms with Crippen LogP contribution in [0.25, 0.3) is 0 Å². The lowest BCUT2D eigenvalue weighted by atomic mass is 9.94. The average molecular weight is 519 g/mol. The van der Waals surface area contributed by atoms with Crippen LogP contribution in [0, 0.1) is 0 Å². The molecule has 0 bridgehead atoms. The van der Waals surface area contributed by atoms with E-state index in [0.717, 1.165) is 47.9 Å². The Labute approximate surface area is 203 Å². The molecule has 3 rings (SSSR count). The van der Waals surface area contributed by atoms with Gasteiger partial charge in [-0.15, -0.1) is 0 Å². The van der Waals surface area contributed by atoms with Gasteiger partial charge in [0, 0.05) is 12.0 Å². The van der Waals surface area contributed by atoms with Gasteiger partial charge in [0.1, 0.15) is 29.5 Å². The van der Waals surface area contributed by atoms with Gasteiger partial charge in [-0.2, -0.15) is 0 Å². The van der Waals surface area contributed by atoms with E-state index in [2.05, 4.69) is 15.9 Å². The molecule has 0 saturated heterocycles. The van der Waals surface area contributed by atoms with Crippen LogP contribution in [0.4, 0.5) is 0 Å². The van der Waals surface area contributed by atoms with Crippen LogP contribution in [0.15, 0.2) is 34.8 Å². The normalized spacial score (nSPS) is 17.9. The zero-order chi connectivity index (χ0) is 24.0. The lowest BCUT2D eigenvalue weighted by molar-refractivity contribution is -0.139. The van der Waals surface area contributed by atoms with Crippen molar-refractivity contribution in [2.45, 2.75) is 71.0 Å². The van der Waals surface area contributed by atoms with E-state index in [1.54, 1.807) is 12.1 Å². The van der Waals surface area contributed by atoms with E-state index >= 15 is 0 Å². The van der Waals surface area contributed by atoms with Crippen molar-refractivity contribution in [3.63, 3.8) is 0 Å². The summed E-state index contributed by atoms with van der Waals surface area (Å²) in [4.78, 5) is 23.3. The fourth-order valence-electron chi connectivity index (χ4n) is 4.17. The van der Waals surface area contributed by atoms with Crippen LogP contribution in [-0.2, 0) is 22.4 Å². The standard InChI is InChI=1S/C26H31BrO6/c1-4-6-21-23(12-10-20(16(2)28)26(21)30)32-18-7-5-8-19(15-18)33-24-11-9-17(13-22(24)27)14-25(29)31-3/h9-13,18-19,30H,4-8,14-15H2,1-3H3/t18-,19-/m1/s1. The molecular formula is C26H31BrO6. The summed E-state index contributed by atoms with van der Waals surface area (Å²) in [6.45, 7) is 3.48. The van der Waals surface area contributed by atoms with Gasteiger partial charge in [-0.3, -0.25) is 9.59 Å². The van der Waals surface area contributed by atoms with Crippen molar-refractivity contribution in [3.05, 3.63) is 51.5 Å². The predicted octanol–water partition coefficient (Wildman–Crippen LogP) is 5.79. The second kappa shape index (κ2) is 11.5. The number of ketones is 1. The number of hydrogen-bond acceptors (Lipinski definition) is 6. The maximum Gasteiger partial charge on any atom is 0.309 e. The van der Waals surface area contributed by atoms with Gasteiger partial charge in [0.15, 0.2) is 5.78 Å². The summed E-state index contributed by atoms with van der Waals surface area (Å²) < 4.78 is 18.1. The summed E-state index contributed by atoms with van der Waals surface area (Å²) in [6, 6.07) is 9.03. The first kappa shape index (κ1) is 25.1. The second-order valence-corrected chi connectivity index (χ2v) is 9.26. The quantitative estimate of drug-likeness (QED) is 0.334. The number of carbonyl (C=O) groups is 2. The lowest BCUT2D eigenvalue weighted by Gasteiger charge is -2.31. The van der Waals surface area contributed by atoms with Crippen molar-refractivity contribution < 1.29 is 28.9 Å². The van der Waals surface area contributed by atoms with Gasteiger partial charge in [-0.25, -0.2) is 0 Å². The number of phenols is 1. The molecule has 0 spiro atoms. The molecule has 2 aromatic carbocycles. The fourth-order valence-corrected chi connectivity index (χ4v) is 4.69. The lowest BCUT2D eigenvalue weighted by Crippen LogP contribution is -2.32. The van der Waals surface area contributed by atoms with E-state index in [0.29, 0.717) is 23.3 Å². The van der Waals surface area contributed by atoms with Crippen LogP contribution in [0.2, 0.25) is 0 Å². The smallest absolute Gasteiger partial charge is 0.309 e. The molecule has 0 radical (unpaired) electrons. The van der Waals surface area contributed by atoms with E-state index in [9.17, 15) is 14.7 Å². The number of ether oxygens (including phenoxy) is 3. The topological polar surface area (TPSA) is 82.1 Å². The minimum absolute atomic E-state index is 0.00813. The Balaban J connectivity index is 1.68. The molecule has 1 saturated carbocycles. The van der Waals surface area contributed by atoms with E-state index in [4.69, 9.17) is 14.2 Å². The maximum absolute atomic E-state index is 11.8. The zero-order valence-corrected chi connectivity index (χ0v) is 20.9. The number of carbonyl (C=O) groups excluding carboxylic acids is 2. The molecule has 1 aliphatic rings. The molecule has 33 heavy (non-hydrogen) atoms. The number of phenolic OH excluding ortho intramolecular Hbond substituents is 1. The molecule has 0 unspecified atom stereocenters. The first-order valence-electron chi connectivity index (χ1n) is 11.4. The van der Waals surface area contributed by atoms with Crippen LogP contribution < -0.4 is 9.47 Å². The summed E-state index contributed by atoms with van der Waals surface area (Å²) >= 11 is 3.54. The molecule has 0 aliphatic heterocycles. The first-order chi connectivity index (χ1) is 15.8. The molecule has 1 N–H and O–H groups in total. The van der Waals surface area contributed by atoms with E-state index < -0.39 is 0 Å². The summed E-state index contributed by atoms with van der Waals surface area (Å²) in [5.41, 5.74) is 1.87. The highest BCUT2D eigenvalue weighted by Crippen LogP contribution is 2.36. The van der Waals surface area contributed by atoms with Gasteiger partial charge >= 0.3 is 5.97 Å². The average Bonchev–Trinajstić information content (AvgIpc) is 2.78. The SMILES string of the molecule is CCCc1c(O[C@@H]2CCC[C@@H](Oc3ccc(CC(=O)OC)cc3Br)C2)ccc(C(C)=O)c1O. The summed E-state index contributed by atoms with van der Waals surface area (Å²) in [6.07, 6.45) is 5.15. The summed E-state index contributed by atoms with van der Waals surface area (Å²) in [7, 11) is 1.38. The number of hydrogen-bond donors (Lipinski definition) is 1. The Morgan fingerprint density at radius 2 is 1.76 bits per heavy atom. The first-order valence-corrected chi connectivity index (χ1v) is 12.2. The third kappa shape index (κ3) is 6.50. The van der Waals surface area contributed by atoms with Crippen molar-refractivity contribution in [1.82, 2.24) is 0 Å². The van der Waals surface area contributed by atoms with Gasteiger partial charge in [0.2, 0.25) is 0 Å². The van der Waals surface area contributed by atoms with Gasteiger partial charge in [-0.05, 0) is 78.4 Å². The van der Waals surface area contributed by atoms with E-state index in [-0.39, 0.29) is 36.1 Å². The number of aromatic hydroxyl groups is 1. The minimum Gasteiger partial charge on any atom is -0.507 e. The van der Waals surface area contributed by atoms with E-state index in [1.165, 1.54) is 14.0 Å². The number of esters is 1. The molecule has 7 heteroatoms. The number of rotatable bonds is 9. The fraction of sp³-hybridized carbons (Fsp3) is 0.462. The van der Waals surface area contributed by atoms with E-state index in [1.807, 2.05) is 25.1 Å². The number of halogens is 1. The third-order valence-corrected chi connectivity index (χ3v) is 6.48. The van der Waals surface area contributed by atoms with Crippen LogP contribution in [0.3, 0.4) is 0 Å². The number of benzene rings is 2. The largest absolute Gasteiger partial charge is 0.507 e. The molecule has 0 heterocycles. The predicted molar refractivity (Wildman–Crippen MR) is 129 cm³/mol. The Bertz CT molecular complexity index is 1000. The van der Waals surface area contributed by atoms with Crippen LogP contribution in [0.5, 0.6) is 17.2 Å². The molecule has 2 atom stereocenters. The minimum atomic E-state index is -0.285. The number of methoxy groups -OCH3 is 1. The van der Waals surface area contributed by atoms with Gasteiger partial charge < -0.3 is 19.3 Å². The molecule has 0 aromatic heterocycles. The van der Waals surface area contributed by atoms with Crippen molar-refractivity contribution in [2.75, 3.05) is 7.11 Å². The zero-order valence-electron chi connectivity index (χ0n) is 19.4. The Morgan fingerprint density at radius 3 is 2.36 bits per heavy atom. The highest BCUT2D eigenvalue weighted by molar-refractivity contribution is 9.10. The molecule has 6 nitrogen and oxygen atoms in total. The molecule has 1 fully saturated rings. The number of Topliss-reactive ketones (excluding diaryl/α,β-unsaturated/α-hetero) is 1. The molecule has 178 valence electrons. The molecular weight excluding hydrogens is 488 g/mol. The van der Waals surface area contributed by atoms with Crippen molar-refractivity contribution in [2.24, 2.45) is 0 Å². The van der Waals surface area contributed by atoms with Gasteiger partial charge in [0.25, 0.3) is 0 Å². The van der Waals surface area contributed by atoms with Gasteiger partial charge in [-0.1, -0.05) is 19.4 Å². The van der Waals surface area contributed by atoms with Crippen LogP contribution in [0.1, 0.15) is 67.4 Å². The highest BCUT2D eigenvalue weighted by Gasteiger charge is 2.27. The Kier molecular flexibility index (Phi) is 8.78.